The van der Waals surface area contributed by atoms with Gasteiger partial charge in [-0.25, -0.2) is 0 Å². The highest BCUT2D eigenvalue weighted by atomic mass is 16.2. The number of hydrogen-bond acceptors (Lipinski definition) is 3. The van der Waals surface area contributed by atoms with E-state index in [9.17, 15) is 4.79 Å². The molecule has 1 atom stereocenters. The van der Waals surface area contributed by atoms with Crippen LogP contribution in [-0.2, 0) is 4.79 Å². The zero-order chi connectivity index (χ0) is 12.7. The second kappa shape index (κ2) is 7.67. The van der Waals surface area contributed by atoms with Crippen LogP contribution in [0.2, 0.25) is 0 Å². The molecule has 17 heavy (non-hydrogen) atoms. The van der Waals surface area contributed by atoms with Crippen molar-refractivity contribution in [2.75, 3.05) is 39.3 Å². The molecule has 1 N–H and O–H groups in total. The normalized spacial score (nSPS) is 20.6. The van der Waals surface area contributed by atoms with Crippen molar-refractivity contribution in [3.63, 3.8) is 0 Å². The molecule has 0 bridgehead atoms. The van der Waals surface area contributed by atoms with Gasteiger partial charge in [0.2, 0.25) is 5.91 Å². The van der Waals surface area contributed by atoms with Crippen LogP contribution in [0.15, 0.2) is 0 Å². The number of nitrogens with one attached hydrogen (secondary N) is 1. The second-order valence-corrected chi connectivity index (χ2v) is 4.66. The number of rotatable bonds is 8. The van der Waals surface area contributed by atoms with E-state index in [0.717, 1.165) is 45.7 Å². The molecule has 1 fully saturated rings. The lowest BCUT2D eigenvalue weighted by Crippen LogP contribution is -2.41. The number of likely N-dealkylation sites (tertiary alicyclic amines) is 1. The summed E-state index contributed by atoms with van der Waals surface area (Å²) in [6.07, 6.45) is 2.15. The molecule has 4 heteroatoms. The summed E-state index contributed by atoms with van der Waals surface area (Å²) in [7, 11) is 0. The van der Waals surface area contributed by atoms with E-state index >= 15 is 0 Å². The predicted molar refractivity (Wildman–Crippen MR) is 71.1 cm³/mol. The van der Waals surface area contributed by atoms with Gasteiger partial charge in [0.15, 0.2) is 0 Å². The Hall–Kier alpha value is -0.610. The van der Waals surface area contributed by atoms with E-state index < -0.39 is 0 Å². The topological polar surface area (TPSA) is 35.6 Å². The van der Waals surface area contributed by atoms with Crippen LogP contribution in [-0.4, -0.2) is 61.0 Å². The highest BCUT2D eigenvalue weighted by Gasteiger charge is 2.30. The minimum Gasteiger partial charge on any atom is -0.340 e. The van der Waals surface area contributed by atoms with Crippen molar-refractivity contribution in [2.45, 2.75) is 39.7 Å². The number of hydrogen-bond donors (Lipinski definition) is 1. The Bertz CT molecular complexity index is 233. The molecular weight excluding hydrogens is 214 g/mol. The standard InChI is InChI=1S/C13H27N3O/c1-4-8-15(6-3)10-11-16-9-7-12(13(16)17)14-5-2/h12,14H,4-11H2,1-3H3. The first-order chi connectivity index (χ1) is 8.22. The van der Waals surface area contributed by atoms with Crippen LogP contribution in [0.4, 0.5) is 0 Å². The van der Waals surface area contributed by atoms with Crippen molar-refractivity contribution in [2.24, 2.45) is 0 Å². The maximum atomic E-state index is 12.0. The molecule has 0 aromatic carbocycles. The summed E-state index contributed by atoms with van der Waals surface area (Å²) in [5.74, 6) is 0.291. The van der Waals surface area contributed by atoms with Crippen LogP contribution in [0.5, 0.6) is 0 Å². The lowest BCUT2D eigenvalue weighted by Gasteiger charge is -2.24. The largest absolute Gasteiger partial charge is 0.340 e. The molecule has 0 aromatic rings. The van der Waals surface area contributed by atoms with Gasteiger partial charge in [0.05, 0.1) is 6.04 Å². The second-order valence-electron chi connectivity index (χ2n) is 4.66. The van der Waals surface area contributed by atoms with E-state index in [1.54, 1.807) is 0 Å². The lowest BCUT2D eigenvalue weighted by molar-refractivity contribution is -0.129. The summed E-state index contributed by atoms with van der Waals surface area (Å²) < 4.78 is 0. The van der Waals surface area contributed by atoms with Gasteiger partial charge in [0.1, 0.15) is 0 Å². The van der Waals surface area contributed by atoms with Gasteiger partial charge in [-0.1, -0.05) is 20.8 Å². The third-order valence-corrected chi connectivity index (χ3v) is 3.42. The average molecular weight is 241 g/mol. The minimum atomic E-state index is 0.0706. The molecule has 0 saturated carbocycles. The maximum Gasteiger partial charge on any atom is 0.239 e. The molecule has 100 valence electrons. The first kappa shape index (κ1) is 14.5. The molecule has 1 saturated heterocycles. The van der Waals surface area contributed by atoms with Crippen molar-refractivity contribution in [3.8, 4) is 0 Å². The number of carbonyl (C=O) groups is 1. The highest BCUT2D eigenvalue weighted by molar-refractivity contribution is 5.83. The van der Waals surface area contributed by atoms with Crippen molar-refractivity contribution < 1.29 is 4.79 Å². The zero-order valence-electron chi connectivity index (χ0n) is 11.5. The molecular formula is C13H27N3O. The summed E-state index contributed by atoms with van der Waals surface area (Å²) in [6.45, 7) is 12.3. The van der Waals surface area contributed by atoms with Crippen LogP contribution in [0, 0.1) is 0 Å². The van der Waals surface area contributed by atoms with Gasteiger partial charge in [-0.2, -0.15) is 0 Å². The number of amides is 1. The van der Waals surface area contributed by atoms with Crippen molar-refractivity contribution in [3.05, 3.63) is 0 Å². The van der Waals surface area contributed by atoms with Crippen molar-refractivity contribution in [1.29, 1.82) is 0 Å². The highest BCUT2D eigenvalue weighted by Crippen LogP contribution is 2.10. The van der Waals surface area contributed by atoms with E-state index in [2.05, 4.69) is 31.0 Å². The van der Waals surface area contributed by atoms with Gasteiger partial charge in [-0.3, -0.25) is 4.79 Å². The van der Waals surface area contributed by atoms with Crippen LogP contribution in [0.25, 0.3) is 0 Å². The molecule has 0 aromatic heterocycles. The van der Waals surface area contributed by atoms with Gasteiger partial charge in [0, 0.05) is 19.6 Å². The Balaban J connectivity index is 2.30. The Morgan fingerprint density at radius 3 is 2.71 bits per heavy atom. The molecule has 1 rings (SSSR count). The molecule has 0 spiro atoms. The molecule has 1 aliphatic rings. The molecule has 0 aliphatic carbocycles. The molecule has 1 amide bonds. The van der Waals surface area contributed by atoms with Crippen LogP contribution >= 0.6 is 0 Å². The van der Waals surface area contributed by atoms with Crippen molar-refractivity contribution in [1.82, 2.24) is 15.1 Å². The first-order valence-electron chi connectivity index (χ1n) is 6.97. The first-order valence-corrected chi connectivity index (χ1v) is 6.97. The zero-order valence-corrected chi connectivity index (χ0v) is 11.5. The van der Waals surface area contributed by atoms with E-state index in [-0.39, 0.29) is 6.04 Å². The van der Waals surface area contributed by atoms with Gasteiger partial charge in [-0.15, -0.1) is 0 Å². The van der Waals surface area contributed by atoms with E-state index in [4.69, 9.17) is 0 Å². The van der Waals surface area contributed by atoms with Gasteiger partial charge < -0.3 is 15.1 Å². The summed E-state index contributed by atoms with van der Waals surface area (Å²) in [6, 6.07) is 0.0706. The van der Waals surface area contributed by atoms with Gasteiger partial charge in [0.25, 0.3) is 0 Å². The number of likely N-dealkylation sites (N-methyl/N-ethyl adjacent to an activating group) is 2. The summed E-state index contributed by atoms with van der Waals surface area (Å²) >= 11 is 0. The summed E-state index contributed by atoms with van der Waals surface area (Å²) in [4.78, 5) is 16.4. The molecule has 1 heterocycles. The number of carbonyl (C=O) groups excluding carboxylic acids is 1. The monoisotopic (exact) mass is 241 g/mol. The third kappa shape index (κ3) is 4.28. The molecule has 4 nitrogen and oxygen atoms in total. The Kier molecular flexibility index (Phi) is 6.52. The maximum absolute atomic E-state index is 12.0. The lowest BCUT2D eigenvalue weighted by atomic mass is 10.2. The Morgan fingerprint density at radius 1 is 1.35 bits per heavy atom. The Labute approximate surface area is 105 Å². The molecule has 1 unspecified atom stereocenters. The molecule has 1 aliphatic heterocycles. The third-order valence-electron chi connectivity index (χ3n) is 3.42. The Morgan fingerprint density at radius 2 is 2.12 bits per heavy atom. The smallest absolute Gasteiger partial charge is 0.239 e. The summed E-state index contributed by atoms with van der Waals surface area (Å²) in [5, 5.41) is 3.25. The van der Waals surface area contributed by atoms with Gasteiger partial charge in [-0.05, 0) is 32.5 Å². The van der Waals surface area contributed by atoms with Crippen LogP contribution in [0.3, 0.4) is 0 Å². The fourth-order valence-corrected chi connectivity index (χ4v) is 2.40. The molecule has 0 radical (unpaired) electrons. The van der Waals surface area contributed by atoms with Crippen LogP contribution < -0.4 is 5.32 Å². The fraction of sp³-hybridized carbons (Fsp3) is 0.923. The predicted octanol–water partition coefficient (Wildman–Crippen LogP) is 0.929. The average Bonchev–Trinajstić information content (AvgIpc) is 2.67. The summed E-state index contributed by atoms with van der Waals surface area (Å²) in [5.41, 5.74) is 0. The van der Waals surface area contributed by atoms with Crippen LogP contribution in [0.1, 0.15) is 33.6 Å². The number of nitrogens with zero attached hydrogens (tertiary/aromatic N) is 2. The van der Waals surface area contributed by atoms with E-state index in [1.165, 1.54) is 6.42 Å². The van der Waals surface area contributed by atoms with Crippen molar-refractivity contribution >= 4 is 5.91 Å². The fourth-order valence-electron chi connectivity index (χ4n) is 2.40. The quantitative estimate of drug-likeness (QED) is 0.686. The SMILES string of the molecule is CCCN(CC)CCN1CCC(NCC)C1=O. The van der Waals surface area contributed by atoms with E-state index in [1.807, 2.05) is 4.90 Å². The van der Waals surface area contributed by atoms with E-state index in [0.29, 0.717) is 5.91 Å². The van der Waals surface area contributed by atoms with Gasteiger partial charge >= 0.3 is 0 Å². The minimum absolute atomic E-state index is 0.0706.